The van der Waals surface area contributed by atoms with Gasteiger partial charge >= 0.3 is 0 Å². The van der Waals surface area contributed by atoms with Crippen LogP contribution in [0.25, 0.3) is 11.1 Å². The number of rotatable bonds is 6. The molecule has 1 aromatic heterocycles. The highest BCUT2D eigenvalue weighted by molar-refractivity contribution is 6.31. The van der Waals surface area contributed by atoms with Crippen molar-refractivity contribution in [3.63, 3.8) is 0 Å². The van der Waals surface area contributed by atoms with E-state index < -0.39 is 11.9 Å². The summed E-state index contributed by atoms with van der Waals surface area (Å²) in [6, 6.07) is 6.50. The summed E-state index contributed by atoms with van der Waals surface area (Å²) in [5, 5.41) is 21.4. The lowest BCUT2D eigenvalue weighted by Crippen LogP contribution is -2.20. The molecule has 2 rings (SSSR count). The summed E-state index contributed by atoms with van der Waals surface area (Å²) in [6.07, 6.45) is 2.80. The van der Waals surface area contributed by atoms with E-state index in [1.54, 1.807) is 13.8 Å². The fourth-order valence-electron chi connectivity index (χ4n) is 2.94. The first-order valence-corrected chi connectivity index (χ1v) is 8.86. The molecule has 29 heavy (non-hydrogen) atoms. The molecule has 1 unspecified atom stereocenters. The lowest BCUT2D eigenvalue weighted by atomic mass is 9.97. The number of nitrogens with one attached hydrogen (secondary N) is 1. The maximum absolute atomic E-state index is 14.9. The highest BCUT2D eigenvalue weighted by Crippen LogP contribution is 2.41. The van der Waals surface area contributed by atoms with E-state index in [1.165, 1.54) is 31.6 Å². The Morgan fingerprint density at radius 1 is 1.38 bits per heavy atom. The molecule has 1 heterocycles. The van der Waals surface area contributed by atoms with Gasteiger partial charge in [0.2, 0.25) is 0 Å². The van der Waals surface area contributed by atoms with E-state index in [4.69, 9.17) is 27.3 Å². The normalized spacial score (nSPS) is 12.2. The zero-order valence-corrected chi connectivity index (χ0v) is 16.9. The molecule has 0 saturated carbocycles. The van der Waals surface area contributed by atoms with Gasteiger partial charge in [0.25, 0.3) is 0 Å². The third kappa shape index (κ3) is 4.48. The third-order valence-corrected chi connectivity index (χ3v) is 4.54. The van der Waals surface area contributed by atoms with Crippen LogP contribution < -0.4 is 15.8 Å². The Kier molecular flexibility index (Phi) is 6.82. The van der Waals surface area contributed by atoms with Crippen molar-refractivity contribution in [1.29, 1.82) is 10.5 Å². The van der Waals surface area contributed by atoms with Crippen molar-refractivity contribution in [3.8, 4) is 29.0 Å². The highest BCUT2D eigenvalue weighted by atomic mass is 35.5. The molecule has 0 saturated heterocycles. The second-order valence-corrected chi connectivity index (χ2v) is 6.65. The summed E-state index contributed by atoms with van der Waals surface area (Å²) in [6.45, 7) is 7.08. The molecule has 0 spiro atoms. The monoisotopic (exact) mass is 411 g/mol. The molecule has 1 atom stereocenters. The van der Waals surface area contributed by atoms with Gasteiger partial charge in [0, 0.05) is 34.9 Å². The number of nitrogens with zero attached hydrogens (tertiary/aromatic N) is 3. The van der Waals surface area contributed by atoms with Gasteiger partial charge in [0.1, 0.15) is 17.9 Å². The summed E-state index contributed by atoms with van der Waals surface area (Å²) in [7, 11) is 1.41. The predicted octanol–water partition coefficient (Wildman–Crippen LogP) is 4.34. The largest absolute Gasteiger partial charge is 0.496 e. The first-order valence-electron chi connectivity index (χ1n) is 8.48. The molecular formula is C21H19ClFN5O. The van der Waals surface area contributed by atoms with E-state index in [-0.39, 0.29) is 33.2 Å². The average molecular weight is 412 g/mol. The van der Waals surface area contributed by atoms with Crippen molar-refractivity contribution in [1.82, 2.24) is 10.3 Å². The quantitative estimate of drug-likeness (QED) is 0.540. The van der Waals surface area contributed by atoms with Gasteiger partial charge in [-0.15, -0.1) is 0 Å². The first kappa shape index (κ1) is 21.7. The summed E-state index contributed by atoms with van der Waals surface area (Å²) in [5.74, 6) is -0.446. The molecule has 0 aliphatic carbocycles. The van der Waals surface area contributed by atoms with Crippen LogP contribution in [0.4, 0.5) is 4.39 Å². The summed E-state index contributed by atoms with van der Waals surface area (Å²) >= 11 is 6.15. The van der Waals surface area contributed by atoms with Crippen LogP contribution in [-0.4, -0.2) is 12.1 Å². The van der Waals surface area contributed by atoms with Crippen LogP contribution in [0.5, 0.6) is 5.75 Å². The highest BCUT2D eigenvalue weighted by Gasteiger charge is 2.24. The second-order valence-electron chi connectivity index (χ2n) is 6.25. The van der Waals surface area contributed by atoms with Gasteiger partial charge in [-0.1, -0.05) is 18.2 Å². The molecule has 0 bridgehead atoms. The van der Waals surface area contributed by atoms with Crippen molar-refractivity contribution in [2.24, 2.45) is 5.73 Å². The van der Waals surface area contributed by atoms with E-state index in [1.807, 2.05) is 12.1 Å². The van der Waals surface area contributed by atoms with E-state index in [9.17, 15) is 9.65 Å². The van der Waals surface area contributed by atoms with Gasteiger partial charge in [-0.3, -0.25) is 4.98 Å². The second kappa shape index (κ2) is 9.09. The van der Waals surface area contributed by atoms with Gasteiger partial charge in [-0.25, -0.2) is 4.39 Å². The van der Waals surface area contributed by atoms with Gasteiger partial charge in [-0.05, 0) is 26.0 Å². The molecule has 0 amide bonds. The van der Waals surface area contributed by atoms with Crippen LogP contribution in [0.15, 0.2) is 48.1 Å². The van der Waals surface area contributed by atoms with Crippen molar-refractivity contribution >= 4 is 11.6 Å². The van der Waals surface area contributed by atoms with E-state index in [0.29, 0.717) is 16.8 Å². The number of nitrogens with two attached hydrogens (primary N) is 1. The van der Waals surface area contributed by atoms with Crippen LogP contribution in [-0.2, 0) is 0 Å². The van der Waals surface area contributed by atoms with Crippen molar-refractivity contribution in [2.45, 2.75) is 19.9 Å². The zero-order chi connectivity index (χ0) is 21.7. The molecule has 0 fully saturated rings. The topological polar surface area (TPSA) is 108 Å². The molecular weight excluding hydrogens is 393 g/mol. The predicted molar refractivity (Wildman–Crippen MR) is 109 cm³/mol. The molecule has 3 N–H and O–H groups in total. The first-order chi connectivity index (χ1) is 13.7. The Morgan fingerprint density at radius 2 is 2.07 bits per heavy atom. The van der Waals surface area contributed by atoms with Crippen LogP contribution in [0.1, 0.15) is 31.0 Å². The SMILES string of the molecule is C=C(N)/C(C#N)=C(\C)NC(C)c1cc(Cl)c(F)c(-c2cncc(C#N)c2)c1OC. The maximum Gasteiger partial charge on any atom is 0.153 e. The number of methoxy groups -OCH3 is 1. The van der Waals surface area contributed by atoms with Gasteiger partial charge in [-0.2, -0.15) is 10.5 Å². The number of ether oxygens (including phenoxy) is 1. The summed E-state index contributed by atoms with van der Waals surface area (Å²) in [4.78, 5) is 3.98. The molecule has 6 nitrogen and oxygen atoms in total. The molecule has 8 heteroatoms. The van der Waals surface area contributed by atoms with Gasteiger partial charge < -0.3 is 15.8 Å². The fraction of sp³-hybridized carbons (Fsp3) is 0.190. The number of pyridine rings is 1. The molecule has 0 aliphatic rings. The number of aromatic nitrogens is 1. The number of hydrogen-bond donors (Lipinski definition) is 2. The standard InChI is InChI=1S/C21H19ClFN5O/c1-11(26)17(8-25)13(3)28-12(2)16-6-18(22)20(23)19(21(16)29-4)15-5-14(7-24)9-27-10-15/h5-6,9-10,12,28H,1,26H2,2-4H3/b17-13+. The van der Waals surface area contributed by atoms with Gasteiger partial charge in [0.05, 0.1) is 34.9 Å². The molecule has 1 aromatic carbocycles. The molecule has 148 valence electrons. The number of benzene rings is 1. The van der Waals surface area contributed by atoms with E-state index >= 15 is 0 Å². The van der Waals surface area contributed by atoms with Crippen molar-refractivity contribution < 1.29 is 9.13 Å². The number of halogens is 2. The summed E-state index contributed by atoms with van der Waals surface area (Å²) in [5.41, 5.74) is 7.78. The summed E-state index contributed by atoms with van der Waals surface area (Å²) < 4.78 is 20.4. The number of hydrogen-bond acceptors (Lipinski definition) is 6. The maximum atomic E-state index is 14.9. The van der Waals surface area contributed by atoms with Crippen LogP contribution in [0.2, 0.25) is 5.02 Å². The minimum atomic E-state index is -0.684. The van der Waals surface area contributed by atoms with Gasteiger partial charge in [0.15, 0.2) is 5.82 Å². The molecule has 0 radical (unpaired) electrons. The Hall–Kier alpha value is -3.55. The smallest absolute Gasteiger partial charge is 0.153 e. The Bertz CT molecular complexity index is 1080. The Morgan fingerprint density at radius 3 is 2.62 bits per heavy atom. The van der Waals surface area contributed by atoms with Crippen LogP contribution in [0.3, 0.4) is 0 Å². The minimum absolute atomic E-state index is 0.0959. The van der Waals surface area contributed by atoms with Crippen LogP contribution >= 0.6 is 11.6 Å². The van der Waals surface area contributed by atoms with E-state index in [2.05, 4.69) is 16.9 Å². The van der Waals surface area contributed by atoms with Crippen LogP contribution in [0, 0.1) is 28.5 Å². The van der Waals surface area contributed by atoms with Crippen molar-refractivity contribution in [3.05, 3.63) is 70.0 Å². The molecule has 0 aliphatic heterocycles. The lowest BCUT2D eigenvalue weighted by Gasteiger charge is -2.22. The molecule has 2 aromatic rings. The zero-order valence-electron chi connectivity index (χ0n) is 16.2. The lowest BCUT2D eigenvalue weighted by molar-refractivity contribution is 0.402. The number of allylic oxidation sites excluding steroid dienone is 2. The Balaban J connectivity index is 2.65. The fourth-order valence-corrected chi connectivity index (χ4v) is 3.15. The average Bonchev–Trinajstić information content (AvgIpc) is 2.69. The van der Waals surface area contributed by atoms with Crippen molar-refractivity contribution in [2.75, 3.05) is 7.11 Å². The third-order valence-electron chi connectivity index (χ3n) is 4.27. The van der Waals surface area contributed by atoms with E-state index in [0.717, 1.165) is 0 Å². The number of nitriles is 2. The minimum Gasteiger partial charge on any atom is -0.496 e. The Labute approximate surface area is 173 Å².